The molecule has 0 saturated heterocycles. The van der Waals surface area contributed by atoms with Gasteiger partial charge in [0.2, 0.25) is 0 Å². The van der Waals surface area contributed by atoms with Gasteiger partial charge in [0, 0.05) is 17.6 Å². The van der Waals surface area contributed by atoms with Crippen LogP contribution in [0, 0.1) is 0 Å². The molecule has 0 fully saturated rings. The molecule has 0 radical (unpaired) electrons. The minimum atomic E-state index is -0.402. The summed E-state index contributed by atoms with van der Waals surface area (Å²) in [5.74, 6) is 0.701. The molecule has 1 aromatic carbocycles. The van der Waals surface area contributed by atoms with E-state index in [9.17, 15) is 5.11 Å². The maximum atomic E-state index is 9.21. The van der Waals surface area contributed by atoms with Crippen molar-refractivity contribution in [2.75, 3.05) is 6.61 Å². The molecule has 90 valence electrons. The van der Waals surface area contributed by atoms with E-state index in [1.807, 2.05) is 37.3 Å². The van der Waals surface area contributed by atoms with Gasteiger partial charge < -0.3 is 15.6 Å². The largest absolute Gasteiger partial charge is 0.486 e. The number of pyridine rings is 1. The summed E-state index contributed by atoms with van der Waals surface area (Å²) in [7, 11) is 0. The molecule has 2 rings (SSSR count). The van der Waals surface area contributed by atoms with Gasteiger partial charge in [0.25, 0.3) is 0 Å². The number of fused-ring (bicyclic) bond motifs is 1. The normalized spacial score (nSPS) is 14.5. The van der Waals surface area contributed by atoms with Gasteiger partial charge in [0.1, 0.15) is 11.9 Å². The van der Waals surface area contributed by atoms with Crippen LogP contribution < -0.4 is 10.5 Å². The van der Waals surface area contributed by atoms with Crippen molar-refractivity contribution in [3.8, 4) is 5.75 Å². The van der Waals surface area contributed by atoms with Gasteiger partial charge in [0.05, 0.1) is 12.1 Å². The first-order valence-corrected chi connectivity index (χ1v) is 5.59. The van der Waals surface area contributed by atoms with E-state index >= 15 is 0 Å². The third-order valence-electron chi connectivity index (χ3n) is 2.65. The lowest BCUT2D eigenvalue weighted by Gasteiger charge is -2.21. The van der Waals surface area contributed by atoms with Crippen molar-refractivity contribution < 1.29 is 9.84 Å². The number of benzene rings is 1. The van der Waals surface area contributed by atoms with Gasteiger partial charge in [-0.3, -0.25) is 4.98 Å². The van der Waals surface area contributed by atoms with Crippen LogP contribution in [0.4, 0.5) is 0 Å². The maximum absolute atomic E-state index is 9.21. The second-order valence-electron chi connectivity index (χ2n) is 4.02. The lowest BCUT2D eigenvalue weighted by molar-refractivity contribution is 0.100. The molecular weight excluding hydrogens is 216 g/mol. The summed E-state index contributed by atoms with van der Waals surface area (Å²) in [5, 5.41) is 10.1. The Kier molecular flexibility index (Phi) is 3.56. The third kappa shape index (κ3) is 2.54. The fourth-order valence-electron chi connectivity index (χ4n) is 1.65. The molecule has 4 nitrogen and oxygen atoms in total. The molecule has 2 aromatic rings. The van der Waals surface area contributed by atoms with E-state index in [1.54, 1.807) is 6.20 Å². The molecule has 4 heteroatoms. The summed E-state index contributed by atoms with van der Waals surface area (Å²) in [6.07, 6.45) is 1.34. The maximum Gasteiger partial charge on any atom is 0.136 e. The molecule has 0 aliphatic carbocycles. The van der Waals surface area contributed by atoms with Gasteiger partial charge in [-0.25, -0.2) is 0 Å². The zero-order valence-electron chi connectivity index (χ0n) is 9.71. The zero-order chi connectivity index (χ0) is 12.3. The molecule has 0 saturated carbocycles. The number of ether oxygens (including phenoxy) is 1. The molecule has 0 amide bonds. The molecule has 2 unspecified atom stereocenters. The van der Waals surface area contributed by atoms with Crippen LogP contribution in [0.15, 0.2) is 36.5 Å². The Morgan fingerprint density at radius 1 is 1.35 bits per heavy atom. The number of hydrogen-bond acceptors (Lipinski definition) is 4. The molecule has 17 heavy (non-hydrogen) atoms. The van der Waals surface area contributed by atoms with E-state index in [1.165, 1.54) is 0 Å². The van der Waals surface area contributed by atoms with Crippen molar-refractivity contribution in [3.63, 3.8) is 0 Å². The monoisotopic (exact) mass is 232 g/mol. The Bertz CT molecular complexity index is 494. The predicted molar refractivity (Wildman–Crippen MR) is 66.9 cm³/mol. The number of nitrogens with zero attached hydrogens (tertiary/aromatic N) is 1. The van der Waals surface area contributed by atoms with Crippen LogP contribution in [-0.2, 0) is 0 Å². The highest BCUT2D eigenvalue weighted by Gasteiger charge is 2.15. The first-order chi connectivity index (χ1) is 8.22. The Labute approximate surface area is 100 Å². The summed E-state index contributed by atoms with van der Waals surface area (Å²) in [5.41, 5.74) is 6.61. The fourth-order valence-corrected chi connectivity index (χ4v) is 1.65. The van der Waals surface area contributed by atoms with Crippen LogP contribution in [0.1, 0.15) is 6.92 Å². The highest BCUT2D eigenvalue weighted by atomic mass is 16.5. The van der Waals surface area contributed by atoms with Gasteiger partial charge in [-0.15, -0.1) is 0 Å². The molecule has 3 N–H and O–H groups in total. The Morgan fingerprint density at radius 3 is 2.88 bits per heavy atom. The molecule has 0 bridgehead atoms. The molecule has 0 spiro atoms. The van der Waals surface area contributed by atoms with Gasteiger partial charge in [0.15, 0.2) is 0 Å². The van der Waals surface area contributed by atoms with Crippen molar-refractivity contribution in [2.45, 2.75) is 19.1 Å². The summed E-state index contributed by atoms with van der Waals surface area (Å²) in [4.78, 5) is 4.25. The van der Waals surface area contributed by atoms with Crippen molar-refractivity contribution in [2.24, 2.45) is 5.73 Å². The van der Waals surface area contributed by atoms with Crippen LogP contribution in [0.2, 0.25) is 0 Å². The molecule has 1 aromatic heterocycles. The minimum absolute atomic E-state index is 0.103. The summed E-state index contributed by atoms with van der Waals surface area (Å²) in [6.45, 7) is 1.71. The number of aliphatic hydroxyl groups is 1. The van der Waals surface area contributed by atoms with E-state index in [0.717, 1.165) is 10.9 Å². The Morgan fingerprint density at radius 2 is 2.18 bits per heavy atom. The van der Waals surface area contributed by atoms with Crippen molar-refractivity contribution in [1.82, 2.24) is 4.98 Å². The molecular formula is C13H16N2O2. The van der Waals surface area contributed by atoms with Crippen LogP contribution in [0.5, 0.6) is 5.75 Å². The van der Waals surface area contributed by atoms with E-state index < -0.39 is 6.10 Å². The van der Waals surface area contributed by atoms with Gasteiger partial charge in [-0.2, -0.15) is 0 Å². The van der Waals surface area contributed by atoms with Crippen molar-refractivity contribution >= 4 is 10.9 Å². The van der Waals surface area contributed by atoms with Crippen molar-refractivity contribution in [3.05, 3.63) is 36.5 Å². The van der Waals surface area contributed by atoms with E-state index in [0.29, 0.717) is 5.75 Å². The van der Waals surface area contributed by atoms with Gasteiger partial charge in [-0.05, 0) is 31.2 Å². The standard InChI is InChI=1S/C13H16N2O2/c1-9(14)13(8-16)17-12-6-2-5-11-10(12)4-3-7-15-11/h2-7,9,13,16H,8,14H2,1H3. The zero-order valence-corrected chi connectivity index (χ0v) is 9.71. The topological polar surface area (TPSA) is 68.4 Å². The van der Waals surface area contributed by atoms with Crippen LogP contribution >= 0.6 is 0 Å². The minimum Gasteiger partial charge on any atom is -0.486 e. The second-order valence-corrected chi connectivity index (χ2v) is 4.02. The first kappa shape index (κ1) is 11.8. The molecule has 2 atom stereocenters. The molecule has 0 aliphatic rings. The lowest BCUT2D eigenvalue weighted by atomic mass is 10.2. The highest BCUT2D eigenvalue weighted by molar-refractivity contribution is 5.84. The van der Waals surface area contributed by atoms with Crippen LogP contribution in [0.25, 0.3) is 10.9 Å². The van der Waals surface area contributed by atoms with Crippen LogP contribution in [-0.4, -0.2) is 28.8 Å². The number of rotatable bonds is 4. The number of aliphatic hydroxyl groups excluding tert-OH is 1. The highest BCUT2D eigenvalue weighted by Crippen LogP contribution is 2.24. The third-order valence-corrected chi connectivity index (χ3v) is 2.65. The van der Waals surface area contributed by atoms with Crippen molar-refractivity contribution in [1.29, 1.82) is 0 Å². The smallest absolute Gasteiger partial charge is 0.136 e. The SMILES string of the molecule is CC(N)C(CO)Oc1cccc2ncccc12. The lowest BCUT2D eigenvalue weighted by Crippen LogP contribution is -2.39. The second kappa shape index (κ2) is 5.12. The number of aromatic nitrogens is 1. The van der Waals surface area contributed by atoms with E-state index in [-0.39, 0.29) is 12.6 Å². The first-order valence-electron chi connectivity index (χ1n) is 5.59. The molecule has 1 heterocycles. The number of hydrogen-bond donors (Lipinski definition) is 2. The number of nitrogens with two attached hydrogens (primary N) is 1. The quantitative estimate of drug-likeness (QED) is 0.834. The van der Waals surface area contributed by atoms with Crippen LogP contribution in [0.3, 0.4) is 0 Å². The molecule has 0 aliphatic heterocycles. The summed E-state index contributed by atoms with van der Waals surface area (Å²) >= 11 is 0. The van der Waals surface area contributed by atoms with E-state index in [4.69, 9.17) is 10.5 Å². The summed E-state index contributed by atoms with van der Waals surface area (Å²) in [6, 6.07) is 9.21. The summed E-state index contributed by atoms with van der Waals surface area (Å²) < 4.78 is 5.72. The van der Waals surface area contributed by atoms with Gasteiger partial charge >= 0.3 is 0 Å². The van der Waals surface area contributed by atoms with Gasteiger partial charge in [-0.1, -0.05) is 6.07 Å². The fraction of sp³-hybridized carbons (Fsp3) is 0.308. The predicted octanol–water partition coefficient (Wildman–Crippen LogP) is 1.32. The average Bonchev–Trinajstić information content (AvgIpc) is 2.35. The average molecular weight is 232 g/mol. The Hall–Kier alpha value is -1.65. The van der Waals surface area contributed by atoms with E-state index in [2.05, 4.69) is 4.98 Å². The Balaban J connectivity index is 2.35.